The van der Waals surface area contributed by atoms with E-state index in [0.717, 1.165) is 12.8 Å². The molecule has 1 N–H and O–H groups in total. The van der Waals surface area contributed by atoms with Gasteiger partial charge in [0.25, 0.3) is 0 Å². The Labute approximate surface area is 259 Å². The molecule has 1 saturated heterocycles. The molecule has 1 spiro atoms. The lowest BCUT2D eigenvalue weighted by Gasteiger charge is -2.41. The van der Waals surface area contributed by atoms with E-state index < -0.39 is 18.6 Å². The molecular formula is C38H47N4P. The molecular weight excluding hydrogens is 543 g/mol. The fourth-order valence-electron chi connectivity index (χ4n) is 8.09. The zero-order valence-electron chi connectivity index (χ0n) is 26.6. The number of likely N-dealkylation sites (N-methyl/N-ethyl adjacent to an activating group) is 2. The van der Waals surface area contributed by atoms with Gasteiger partial charge in [0.1, 0.15) is 5.54 Å². The summed E-state index contributed by atoms with van der Waals surface area (Å²) in [6.45, 7) is 9.51. The first-order valence-corrected chi connectivity index (χ1v) is 17.6. The molecule has 1 fully saturated rings. The van der Waals surface area contributed by atoms with Crippen LogP contribution in [0, 0.1) is 11.8 Å². The second-order valence-corrected chi connectivity index (χ2v) is 15.4. The number of benzene rings is 4. The summed E-state index contributed by atoms with van der Waals surface area (Å²) < 4.78 is 11.6. The Kier molecular flexibility index (Phi) is 8.26. The zero-order valence-corrected chi connectivity index (χ0v) is 27.5. The van der Waals surface area contributed by atoms with Gasteiger partial charge < -0.3 is 0 Å². The van der Waals surface area contributed by atoms with Crippen molar-refractivity contribution in [3.05, 3.63) is 144 Å². The molecule has 4 aromatic carbocycles. The Hall–Kier alpha value is -3.01. The van der Waals surface area contributed by atoms with E-state index in [1.807, 2.05) is 0 Å². The molecule has 0 radical (unpaired) electrons. The smallest absolute Gasteiger partial charge is 0.167 e. The minimum Gasteiger partial charge on any atom is -0.244 e. The van der Waals surface area contributed by atoms with Gasteiger partial charge in [-0.15, -0.1) is 0 Å². The molecule has 6 rings (SSSR count). The van der Waals surface area contributed by atoms with Gasteiger partial charge in [0, 0.05) is 6.04 Å². The summed E-state index contributed by atoms with van der Waals surface area (Å²) >= 11 is 0. The first kappa shape index (κ1) is 30.0. The van der Waals surface area contributed by atoms with Crippen molar-refractivity contribution >= 4 is 7.51 Å². The van der Waals surface area contributed by atoms with Crippen molar-refractivity contribution in [2.45, 2.75) is 63.7 Å². The third kappa shape index (κ3) is 4.49. The van der Waals surface area contributed by atoms with E-state index in [4.69, 9.17) is 4.74 Å². The van der Waals surface area contributed by atoms with E-state index in [1.165, 1.54) is 22.3 Å². The molecule has 2 aliphatic heterocycles. The highest BCUT2D eigenvalue weighted by atomic mass is 31.2. The highest BCUT2D eigenvalue weighted by molar-refractivity contribution is 7.60. The Bertz CT molecular complexity index is 1480. The molecule has 5 atom stereocenters. The van der Waals surface area contributed by atoms with Crippen LogP contribution in [-0.2, 0) is 11.1 Å². The van der Waals surface area contributed by atoms with Gasteiger partial charge >= 0.3 is 0 Å². The second-order valence-electron chi connectivity index (χ2n) is 12.6. The van der Waals surface area contributed by atoms with Gasteiger partial charge in [-0.3, -0.25) is 0 Å². The predicted octanol–water partition coefficient (Wildman–Crippen LogP) is 9.13. The topological polar surface area (TPSA) is 30.9 Å². The molecule has 2 heterocycles. The number of hydrogen-bond donors (Lipinski definition) is 1. The lowest BCUT2D eigenvalue weighted by atomic mass is 9.73. The Morgan fingerprint density at radius 1 is 0.605 bits per heavy atom. The maximum Gasteiger partial charge on any atom is 0.167 e. The van der Waals surface area contributed by atoms with E-state index >= 15 is 0 Å². The van der Waals surface area contributed by atoms with Crippen LogP contribution in [-0.4, -0.2) is 35.5 Å². The van der Waals surface area contributed by atoms with Crippen LogP contribution in [0.1, 0.15) is 62.8 Å². The van der Waals surface area contributed by atoms with Crippen molar-refractivity contribution in [2.24, 2.45) is 16.6 Å². The normalized spacial score (nSPS) is 26.3. The van der Waals surface area contributed by atoms with Crippen molar-refractivity contribution in [2.75, 3.05) is 14.1 Å². The Morgan fingerprint density at radius 2 is 0.953 bits per heavy atom. The SMILES string of the molecule is CC[C@H](C)[C@@H]1N(C)P2(=NC1(c1ccccc1)c1ccccc1)NC(c1ccccc1)(c1ccccc1)[C@H]([C@@H](C)CC)N2C. The number of nitrogens with zero attached hydrogens (tertiary/aromatic N) is 3. The molecule has 5 heteroatoms. The van der Waals surface area contributed by atoms with E-state index in [1.54, 1.807) is 0 Å². The molecule has 0 aliphatic carbocycles. The van der Waals surface area contributed by atoms with Crippen molar-refractivity contribution in [1.29, 1.82) is 0 Å². The van der Waals surface area contributed by atoms with Crippen LogP contribution in [0.5, 0.6) is 0 Å². The molecule has 224 valence electrons. The first-order chi connectivity index (χ1) is 20.9. The molecule has 2 aliphatic rings. The monoisotopic (exact) mass is 590 g/mol. The number of nitrogens with one attached hydrogen (secondary N) is 1. The Balaban J connectivity index is 1.72. The van der Waals surface area contributed by atoms with Gasteiger partial charge in [-0.05, 0) is 48.2 Å². The molecule has 43 heavy (non-hydrogen) atoms. The minimum absolute atomic E-state index is 0.172. The molecule has 0 saturated carbocycles. The fraction of sp³-hybridized carbons (Fsp3) is 0.368. The van der Waals surface area contributed by atoms with E-state index in [9.17, 15) is 0 Å². The van der Waals surface area contributed by atoms with Crippen LogP contribution in [0.3, 0.4) is 0 Å². The predicted molar refractivity (Wildman–Crippen MR) is 182 cm³/mol. The highest BCUT2D eigenvalue weighted by Gasteiger charge is 2.65. The quantitative estimate of drug-likeness (QED) is 0.208. The highest BCUT2D eigenvalue weighted by Crippen LogP contribution is 2.73. The number of rotatable bonds is 8. The summed E-state index contributed by atoms with van der Waals surface area (Å²) in [7, 11) is 2.22. The molecule has 0 aromatic heterocycles. The van der Waals surface area contributed by atoms with Crippen molar-refractivity contribution < 1.29 is 0 Å². The average Bonchev–Trinajstić information content (AvgIpc) is 3.50. The lowest BCUT2D eigenvalue weighted by molar-refractivity contribution is 0.201. The van der Waals surface area contributed by atoms with Crippen molar-refractivity contribution in [3.63, 3.8) is 0 Å². The Morgan fingerprint density at radius 3 is 1.35 bits per heavy atom. The van der Waals surface area contributed by atoms with Crippen LogP contribution in [0.25, 0.3) is 0 Å². The van der Waals surface area contributed by atoms with Crippen LogP contribution in [0.15, 0.2) is 126 Å². The van der Waals surface area contributed by atoms with Gasteiger partial charge in [-0.2, -0.15) is 0 Å². The van der Waals surface area contributed by atoms with Crippen LogP contribution in [0.2, 0.25) is 0 Å². The zero-order chi connectivity index (χ0) is 30.2. The van der Waals surface area contributed by atoms with Crippen LogP contribution >= 0.6 is 7.51 Å². The maximum absolute atomic E-state index is 6.27. The summed E-state index contributed by atoms with van der Waals surface area (Å²) in [5.41, 5.74) is 4.18. The second kappa shape index (κ2) is 11.8. The molecule has 4 nitrogen and oxygen atoms in total. The van der Waals surface area contributed by atoms with E-state index in [2.05, 4.69) is 178 Å². The summed E-state index contributed by atoms with van der Waals surface area (Å²) in [5.74, 6) is 0.834. The standard InChI is InChI=1S/C38H47N4P/c1-7-29(3)35-37(31-21-13-9-14-22-31,32-23-15-10-16-24-32)39-43(41(35)5)40-38(33-25-17-11-18-26-33,34-27-19-12-20-28-34)36(42(43)6)30(4)8-2/h9-30,35-36,39H,7-8H2,1-6H3/t29-,30-,35-,36-,43?/m0/s1. The van der Waals surface area contributed by atoms with E-state index in [0.29, 0.717) is 11.8 Å². The maximum atomic E-state index is 6.27. The minimum atomic E-state index is -2.49. The molecule has 4 aromatic rings. The molecule has 0 amide bonds. The summed E-state index contributed by atoms with van der Waals surface area (Å²) in [4.78, 5) is 0. The average molecular weight is 591 g/mol. The summed E-state index contributed by atoms with van der Waals surface area (Å²) in [5, 5.41) is 4.48. The van der Waals surface area contributed by atoms with Gasteiger partial charge in [-0.1, -0.05) is 162 Å². The molecule has 1 unspecified atom stereocenters. The van der Waals surface area contributed by atoms with Crippen LogP contribution < -0.4 is 5.09 Å². The van der Waals surface area contributed by atoms with Crippen molar-refractivity contribution in [1.82, 2.24) is 14.4 Å². The van der Waals surface area contributed by atoms with Crippen molar-refractivity contribution in [3.8, 4) is 0 Å². The largest absolute Gasteiger partial charge is 0.244 e. The molecule has 0 bridgehead atoms. The summed E-state index contributed by atoms with van der Waals surface area (Å²) in [6.07, 6.45) is 2.16. The van der Waals surface area contributed by atoms with Gasteiger partial charge in [0.15, 0.2) is 7.51 Å². The first-order valence-electron chi connectivity index (χ1n) is 16.0. The van der Waals surface area contributed by atoms with Gasteiger partial charge in [0.2, 0.25) is 0 Å². The van der Waals surface area contributed by atoms with E-state index in [-0.39, 0.29) is 12.1 Å². The van der Waals surface area contributed by atoms with Crippen LogP contribution in [0.4, 0.5) is 0 Å². The van der Waals surface area contributed by atoms with Gasteiger partial charge in [-0.25, -0.2) is 19.2 Å². The third-order valence-electron chi connectivity index (χ3n) is 10.4. The third-order valence-corrected chi connectivity index (χ3v) is 13.9. The lowest BCUT2D eigenvalue weighted by Crippen LogP contribution is -2.50. The fourth-order valence-corrected chi connectivity index (χ4v) is 12.3. The summed E-state index contributed by atoms with van der Waals surface area (Å²) in [6, 6.07) is 44.8. The number of hydrogen-bond acceptors (Lipinski definition) is 4. The van der Waals surface area contributed by atoms with Gasteiger partial charge in [0.05, 0.1) is 11.6 Å².